The average Bonchev–Trinajstić information content (AvgIpc) is 2.54. The van der Waals surface area contributed by atoms with E-state index in [4.69, 9.17) is 5.73 Å². The topological polar surface area (TPSA) is 44.9 Å². The highest BCUT2D eigenvalue weighted by molar-refractivity contribution is 9.11. The number of benzene rings is 1. The van der Waals surface area contributed by atoms with Gasteiger partial charge in [-0.3, -0.25) is 0 Å². The number of nitrogens with zero attached hydrogens (tertiary/aromatic N) is 3. The normalized spacial score (nSPS) is 15.2. The minimum Gasteiger partial charge on any atom is -0.399 e. The second-order valence-electron chi connectivity index (χ2n) is 5.25. The Labute approximate surface area is 156 Å². The quantitative estimate of drug-likeness (QED) is 0.323. The van der Waals surface area contributed by atoms with Crippen LogP contribution in [0.3, 0.4) is 0 Å². The van der Waals surface area contributed by atoms with Crippen LogP contribution in [0.25, 0.3) is 0 Å². The fraction of sp³-hybridized carbons (Fsp3) is 0.167. The van der Waals surface area contributed by atoms with Gasteiger partial charge < -0.3 is 10.6 Å². The molecule has 1 aliphatic heterocycles. The minimum atomic E-state index is 0.751. The van der Waals surface area contributed by atoms with Crippen LogP contribution in [0.15, 0.2) is 75.1 Å². The third-order valence-electron chi connectivity index (χ3n) is 3.37. The van der Waals surface area contributed by atoms with Crippen molar-refractivity contribution in [3.63, 3.8) is 0 Å². The number of hydrogen-bond acceptors (Lipinski definition) is 5. The van der Waals surface area contributed by atoms with Gasteiger partial charge in [-0.1, -0.05) is 18.7 Å². The van der Waals surface area contributed by atoms with Gasteiger partial charge in [0.05, 0.1) is 11.9 Å². The lowest BCUT2D eigenvalue weighted by molar-refractivity contribution is 0.597. The molecule has 2 rings (SSSR count). The second-order valence-corrected chi connectivity index (χ2v) is 7.31. The summed E-state index contributed by atoms with van der Waals surface area (Å²) in [6, 6.07) is 5.87. The molecular formula is C18H21BrN4S. The summed E-state index contributed by atoms with van der Waals surface area (Å²) in [7, 11) is 1.91. The van der Waals surface area contributed by atoms with Crippen LogP contribution in [-0.2, 0) is 0 Å². The molecule has 1 aliphatic rings. The molecule has 1 aromatic rings. The van der Waals surface area contributed by atoms with Gasteiger partial charge in [-0.25, -0.2) is 4.41 Å². The molecule has 0 unspecified atom stereocenters. The number of rotatable bonds is 5. The largest absolute Gasteiger partial charge is 0.399 e. The van der Waals surface area contributed by atoms with E-state index in [0.29, 0.717) is 0 Å². The first-order chi connectivity index (χ1) is 11.4. The number of anilines is 1. The van der Waals surface area contributed by atoms with Gasteiger partial charge in [0.25, 0.3) is 0 Å². The Bertz CT molecular complexity index is 749. The summed E-state index contributed by atoms with van der Waals surface area (Å²) in [5.74, 6) is 0. The van der Waals surface area contributed by atoms with Gasteiger partial charge in [-0.15, -0.1) is 0 Å². The van der Waals surface area contributed by atoms with E-state index in [9.17, 15) is 0 Å². The third kappa shape index (κ3) is 4.79. The van der Waals surface area contributed by atoms with Gasteiger partial charge >= 0.3 is 0 Å². The molecule has 0 amide bonds. The first-order valence-corrected chi connectivity index (χ1v) is 8.99. The molecule has 2 N–H and O–H groups in total. The molecule has 0 bridgehead atoms. The molecule has 0 atom stereocenters. The van der Waals surface area contributed by atoms with Crippen molar-refractivity contribution < 1.29 is 0 Å². The number of hydrogen-bond donors (Lipinski definition) is 1. The minimum absolute atomic E-state index is 0.751. The summed E-state index contributed by atoms with van der Waals surface area (Å²) in [4.78, 5) is 3.07. The predicted molar refractivity (Wildman–Crippen MR) is 109 cm³/mol. The van der Waals surface area contributed by atoms with Crippen molar-refractivity contribution in [2.75, 3.05) is 12.8 Å². The van der Waals surface area contributed by atoms with Crippen LogP contribution in [0.4, 0.5) is 5.69 Å². The van der Waals surface area contributed by atoms with Crippen molar-refractivity contribution in [3.05, 3.63) is 70.6 Å². The van der Waals surface area contributed by atoms with Crippen LogP contribution in [0, 0.1) is 6.92 Å². The molecule has 0 spiro atoms. The number of aryl methyl sites for hydroxylation is 1. The molecule has 126 valence electrons. The molecule has 0 saturated heterocycles. The number of allylic oxidation sites excluding steroid dienone is 5. The van der Waals surface area contributed by atoms with Crippen molar-refractivity contribution >= 4 is 39.8 Å². The van der Waals surface area contributed by atoms with Crippen molar-refractivity contribution in [3.8, 4) is 0 Å². The maximum atomic E-state index is 5.86. The zero-order chi connectivity index (χ0) is 17.7. The van der Waals surface area contributed by atoms with Crippen molar-refractivity contribution in [1.82, 2.24) is 9.31 Å². The van der Waals surface area contributed by atoms with E-state index < -0.39 is 0 Å². The Hall–Kier alpha value is -1.92. The maximum Gasteiger partial charge on any atom is 0.0717 e. The van der Waals surface area contributed by atoms with Crippen molar-refractivity contribution in [1.29, 1.82) is 0 Å². The zero-order valence-corrected chi connectivity index (χ0v) is 16.4. The maximum absolute atomic E-state index is 5.86. The molecule has 1 heterocycles. The summed E-state index contributed by atoms with van der Waals surface area (Å²) < 4.78 is 2.80. The number of hydrazone groups is 1. The van der Waals surface area contributed by atoms with Gasteiger partial charge in [0.1, 0.15) is 0 Å². The molecular weight excluding hydrogens is 384 g/mol. The van der Waals surface area contributed by atoms with E-state index in [1.165, 1.54) is 17.5 Å². The Kier molecular flexibility index (Phi) is 6.34. The van der Waals surface area contributed by atoms with Crippen LogP contribution in [0.5, 0.6) is 0 Å². The van der Waals surface area contributed by atoms with Crippen LogP contribution in [-0.4, -0.2) is 22.6 Å². The van der Waals surface area contributed by atoms with Crippen LogP contribution < -0.4 is 5.73 Å². The van der Waals surface area contributed by atoms with E-state index in [1.54, 1.807) is 0 Å². The number of nitrogen functional groups attached to an aromatic ring is 1. The highest BCUT2D eigenvalue weighted by Crippen LogP contribution is 2.27. The molecule has 6 heteroatoms. The summed E-state index contributed by atoms with van der Waals surface area (Å²) in [5.41, 5.74) is 9.61. The molecule has 0 radical (unpaired) electrons. The standard InChI is InChI=1S/C18H21BrN4S/c1-5-17(23-12-15(19)8-7-14(23)3)11-21-22(4)24-18-10-16(20)9-6-13(18)2/h5-12H,3,20H2,1-2,4H3/b17-5-,21-11+. The van der Waals surface area contributed by atoms with E-state index in [2.05, 4.69) is 34.5 Å². The Morgan fingerprint density at radius 3 is 2.88 bits per heavy atom. The lowest BCUT2D eigenvalue weighted by Crippen LogP contribution is -2.18. The van der Waals surface area contributed by atoms with Crippen molar-refractivity contribution in [2.45, 2.75) is 18.7 Å². The predicted octanol–water partition coefficient (Wildman–Crippen LogP) is 5.03. The first kappa shape index (κ1) is 18.4. The van der Waals surface area contributed by atoms with Crippen molar-refractivity contribution in [2.24, 2.45) is 5.10 Å². The highest BCUT2D eigenvalue weighted by atomic mass is 79.9. The van der Waals surface area contributed by atoms with E-state index in [1.807, 2.05) is 72.1 Å². The van der Waals surface area contributed by atoms with Gasteiger partial charge in [0.2, 0.25) is 0 Å². The van der Waals surface area contributed by atoms with Crippen LogP contribution in [0.1, 0.15) is 12.5 Å². The average molecular weight is 405 g/mol. The smallest absolute Gasteiger partial charge is 0.0717 e. The fourth-order valence-corrected chi connectivity index (χ4v) is 3.16. The molecule has 0 saturated carbocycles. The Morgan fingerprint density at radius 2 is 2.17 bits per heavy atom. The number of halogens is 1. The molecule has 0 aliphatic carbocycles. The Balaban J connectivity index is 2.09. The number of nitrogens with two attached hydrogens (primary N) is 1. The van der Waals surface area contributed by atoms with E-state index >= 15 is 0 Å². The second kappa shape index (κ2) is 8.26. The SMILES string of the molecule is C=C1C=CC(Br)=CN1C(=C\C)/C=N/N(C)Sc1cc(N)ccc1C. The zero-order valence-electron chi connectivity index (χ0n) is 14.0. The van der Waals surface area contributed by atoms with E-state index in [0.717, 1.165) is 26.5 Å². The van der Waals surface area contributed by atoms with Gasteiger partial charge in [0.15, 0.2) is 0 Å². The lowest BCUT2D eigenvalue weighted by Gasteiger charge is -2.24. The van der Waals surface area contributed by atoms with Gasteiger partial charge in [-0.2, -0.15) is 5.10 Å². The van der Waals surface area contributed by atoms with Gasteiger partial charge in [-0.05, 0) is 59.6 Å². The summed E-state index contributed by atoms with van der Waals surface area (Å²) in [5, 5.41) is 4.51. The molecule has 1 aromatic carbocycles. The first-order valence-electron chi connectivity index (χ1n) is 7.42. The van der Waals surface area contributed by atoms with Gasteiger partial charge in [0, 0.05) is 46.0 Å². The van der Waals surface area contributed by atoms with E-state index in [-0.39, 0.29) is 0 Å². The third-order valence-corrected chi connectivity index (χ3v) is 4.83. The van der Waals surface area contributed by atoms with Crippen LogP contribution in [0.2, 0.25) is 0 Å². The molecule has 0 aromatic heterocycles. The van der Waals surface area contributed by atoms with Crippen LogP contribution >= 0.6 is 27.9 Å². The summed E-state index contributed by atoms with van der Waals surface area (Å²) in [6.07, 6.45) is 9.70. The molecule has 0 fully saturated rings. The lowest BCUT2D eigenvalue weighted by atomic mass is 10.2. The summed E-state index contributed by atoms with van der Waals surface area (Å²) in [6.45, 7) is 8.09. The summed E-state index contributed by atoms with van der Waals surface area (Å²) >= 11 is 5.02. The molecule has 24 heavy (non-hydrogen) atoms. The monoisotopic (exact) mass is 404 g/mol. The fourth-order valence-electron chi connectivity index (χ4n) is 2.04. The molecule has 4 nitrogen and oxygen atoms in total. The Morgan fingerprint density at radius 1 is 1.42 bits per heavy atom. The highest BCUT2D eigenvalue weighted by Gasteiger charge is 2.11.